The summed E-state index contributed by atoms with van der Waals surface area (Å²) in [5, 5.41) is 20.9. The Balaban J connectivity index is 0.000000403. The number of ether oxygens (including phenoxy) is 3. The highest BCUT2D eigenvalue weighted by molar-refractivity contribution is 6.19. The van der Waals surface area contributed by atoms with Crippen LogP contribution in [0.15, 0.2) is 66.6 Å². The van der Waals surface area contributed by atoms with E-state index >= 15 is 0 Å². The third-order valence-electron chi connectivity index (χ3n) is 5.56. The first-order chi connectivity index (χ1) is 23.3. The number of ketones is 1. The minimum atomic E-state index is -5.13. The number of anilines is 1. The predicted molar refractivity (Wildman–Crippen MR) is 160 cm³/mol. The average molecular weight is 721 g/mol. The maximum atomic E-state index is 13.3. The summed E-state index contributed by atoms with van der Waals surface area (Å²) < 4.78 is 90.0. The van der Waals surface area contributed by atoms with E-state index in [1.807, 2.05) is 0 Å². The van der Waals surface area contributed by atoms with Gasteiger partial charge in [0.15, 0.2) is 5.69 Å². The maximum Gasteiger partial charge on any atom is 0.455 e. The Morgan fingerprint density at radius 1 is 0.820 bits per heavy atom. The Bertz CT molecular complexity index is 1650. The largest absolute Gasteiger partial charge is 0.500 e. The second-order valence-electron chi connectivity index (χ2n) is 8.95. The van der Waals surface area contributed by atoms with Crippen molar-refractivity contribution >= 4 is 35.3 Å². The van der Waals surface area contributed by atoms with Crippen LogP contribution in [0.4, 0.5) is 32.0 Å². The lowest BCUT2D eigenvalue weighted by molar-refractivity contribution is -0.169. The second-order valence-corrected chi connectivity index (χ2v) is 8.95. The average Bonchev–Trinajstić information content (AvgIpc) is 3.52. The lowest BCUT2D eigenvalue weighted by atomic mass is 10.2. The first-order valence-corrected chi connectivity index (χ1v) is 13.9. The number of nitrogens with two attached hydrogens (primary N) is 1. The number of benzene rings is 2. The van der Waals surface area contributed by atoms with Crippen LogP contribution in [-0.4, -0.2) is 75.7 Å². The summed E-state index contributed by atoms with van der Waals surface area (Å²) >= 11 is 0. The zero-order valence-electron chi connectivity index (χ0n) is 26.3. The number of nitrogen functional groups attached to an aromatic ring is 1. The number of hydrogen-bond acceptors (Lipinski definition) is 11. The van der Waals surface area contributed by atoms with Crippen LogP contribution >= 0.6 is 0 Å². The van der Waals surface area contributed by atoms with Gasteiger partial charge in [-0.15, -0.1) is 0 Å². The lowest BCUT2D eigenvalue weighted by Crippen LogP contribution is -2.29. The molecule has 50 heavy (non-hydrogen) atoms. The number of hydrogen-bond donors (Lipinski definition) is 4. The van der Waals surface area contributed by atoms with E-state index in [0.717, 1.165) is 18.3 Å². The maximum absolute atomic E-state index is 13.3. The van der Waals surface area contributed by atoms with Crippen molar-refractivity contribution in [2.24, 2.45) is 5.84 Å². The van der Waals surface area contributed by atoms with Crippen LogP contribution in [0.5, 0.6) is 0 Å². The molecule has 0 saturated heterocycles. The van der Waals surface area contributed by atoms with Crippen LogP contribution < -0.4 is 11.3 Å². The van der Waals surface area contributed by atoms with Crippen molar-refractivity contribution in [3.63, 3.8) is 0 Å². The third kappa shape index (κ3) is 12.6. The summed E-state index contributed by atoms with van der Waals surface area (Å²) in [4.78, 5) is 54.6. The molecule has 0 aliphatic heterocycles. The highest BCUT2D eigenvalue weighted by Gasteiger charge is 2.44. The third-order valence-corrected chi connectivity index (χ3v) is 5.56. The molecule has 0 aliphatic rings. The molecule has 20 heteroatoms. The van der Waals surface area contributed by atoms with E-state index < -0.39 is 58.8 Å². The van der Waals surface area contributed by atoms with Crippen LogP contribution in [-0.2, 0) is 30.0 Å². The van der Waals surface area contributed by atoms with Crippen molar-refractivity contribution in [2.75, 3.05) is 25.2 Å². The molecule has 0 aliphatic carbocycles. The van der Waals surface area contributed by atoms with Gasteiger partial charge in [0.1, 0.15) is 17.4 Å². The van der Waals surface area contributed by atoms with Crippen molar-refractivity contribution in [1.82, 2.24) is 9.78 Å². The first kappa shape index (κ1) is 42.1. The molecule has 0 atom stereocenters. The summed E-state index contributed by atoms with van der Waals surface area (Å²) in [6.45, 7) is 4.21. The van der Waals surface area contributed by atoms with Gasteiger partial charge in [-0.25, -0.2) is 23.9 Å². The molecule has 0 saturated carbocycles. The number of halogens is 6. The first-order valence-electron chi connectivity index (χ1n) is 13.9. The fraction of sp³-hybridized carbons (Fsp3) is 0.267. The molecule has 0 fully saturated rings. The zero-order valence-corrected chi connectivity index (χ0v) is 26.3. The molecule has 1 heterocycles. The molecule has 0 radical (unpaired) electrons. The number of hydrazine groups is 1. The number of rotatable bonds is 11. The molecule has 2 aromatic carbocycles. The van der Waals surface area contributed by atoms with Gasteiger partial charge in [-0.05, 0) is 69.3 Å². The Labute approximate surface area is 279 Å². The van der Waals surface area contributed by atoms with E-state index in [1.54, 1.807) is 12.1 Å². The molecule has 0 amide bonds. The van der Waals surface area contributed by atoms with Crippen molar-refractivity contribution < 1.29 is 74.7 Å². The Morgan fingerprint density at radius 3 is 1.72 bits per heavy atom. The highest BCUT2D eigenvalue weighted by Crippen LogP contribution is 2.34. The number of carboxylic acid groups (broad SMARTS) is 2. The molecule has 0 spiro atoms. The molecule has 0 bridgehead atoms. The number of esters is 2. The lowest BCUT2D eigenvalue weighted by Gasteiger charge is -2.12. The van der Waals surface area contributed by atoms with E-state index in [-0.39, 0.29) is 36.6 Å². The monoisotopic (exact) mass is 720 g/mol. The van der Waals surface area contributed by atoms with Gasteiger partial charge < -0.3 is 29.8 Å². The van der Waals surface area contributed by atoms with Gasteiger partial charge in [0.2, 0.25) is 0 Å². The topological polar surface area (TPSA) is 209 Å². The van der Waals surface area contributed by atoms with Crippen molar-refractivity contribution in [2.45, 2.75) is 33.1 Å². The van der Waals surface area contributed by atoms with Crippen LogP contribution in [0, 0.1) is 0 Å². The molecule has 272 valence electrons. The molecule has 3 rings (SSSR count). The summed E-state index contributed by atoms with van der Waals surface area (Å²) in [5.74, 6) is -1.82. The summed E-state index contributed by atoms with van der Waals surface area (Å²) in [6.07, 6.45) is -8.74. The van der Waals surface area contributed by atoms with Crippen molar-refractivity contribution in [1.29, 1.82) is 0 Å². The van der Waals surface area contributed by atoms with Gasteiger partial charge in [0, 0.05) is 5.69 Å². The predicted octanol–water partition coefficient (Wildman–Crippen LogP) is 5.04. The number of carboxylic acids is 2. The molecular formula is C30H30F6N4O10. The van der Waals surface area contributed by atoms with Gasteiger partial charge in [-0.3, -0.25) is 10.6 Å². The summed E-state index contributed by atoms with van der Waals surface area (Å²) in [6, 6.07) is 10.8. The van der Waals surface area contributed by atoms with Gasteiger partial charge in [-0.2, -0.15) is 31.4 Å². The normalized spacial score (nSPS) is 11.1. The van der Waals surface area contributed by atoms with E-state index in [4.69, 9.17) is 16.1 Å². The molecular weight excluding hydrogens is 690 g/mol. The van der Waals surface area contributed by atoms with E-state index in [0.29, 0.717) is 16.6 Å². The SMILES string of the molecule is CCO/C=C(/C(=O)OCC)C(=O)C(F)(F)F.CCOC(=O)c1cnn(-c2ccc(C(=O)O)cc2)c1C(F)(F)F.NNc1ccc(C(=O)O)cc1. The molecule has 3 aromatic rings. The van der Waals surface area contributed by atoms with Crippen molar-refractivity contribution in [3.8, 4) is 5.69 Å². The molecule has 5 N–H and O–H groups in total. The number of carbonyl (C=O) groups is 5. The van der Waals surface area contributed by atoms with Crippen LogP contribution in [0.2, 0.25) is 0 Å². The highest BCUT2D eigenvalue weighted by atomic mass is 19.4. The fourth-order valence-corrected chi connectivity index (χ4v) is 3.35. The van der Waals surface area contributed by atoms with Gasteiger partial charge in [0.25, 0.3) is 5.78 Å². The Kier molecular flexibility index (Phi) is 16.1. The number of alkyl halides is 6. The summed E-state index contributed by atoms with van der Waals surface area (Å²) in [5.41, 5.74) is 0.0889. The van der Waals surface area contributed by atoms with Crippen LogP contribution in [0.3, 0.4) is 0 Å². The van der Waals surface area contributed by atoms with Crippen molar-refractivity contribution in [3.05, 3.63) is 88.9 Å². The number of Topliss-reactive ketones (excluding diaryl/α,β-unsaturated/α-hetero) is 1. The van der Waals surface area contributed by atoms with E-state index in [2.05, 4.69) is 24.7 Å². The number of aromatic nitrogens is 2. The number of nitrogens with one attached hydrogen (secondary N) is 1. The number of aromatic carboxylic acids is 2. The second kappa shape index (κ2) is 19.2. The zero-order chi connectivity index (χ0) is 38.2. The van der Waals surface area contributed by atoms with Crippen LogP contribution in [0.1, 0.15) is 57.5 Å². The van der Waals surface area contributed by atoms with Crippen LogP contribution in [0.25, 0.3) is 5.69 Å². The van der Waals surface area contributed by atoms with E-state index in [1.165, 1.54) is 45.0 Å². The fourth-order valence-electron chi connectivity index (χ4n) is 3.35. The Morgan fingerprint density at radius 2 is 1.32 bits per heavy atom. The number of carbonyl (C=O) groups excluding carboxylic acids is 3. The van der Waals surface area contributed by atoms with Gasteiger partial charge in [0.05, 0.1) is 42.8 Å². The van der Waals surface area contributed by atoms with Gasteiger partial charge >= 0.3 is 36.2 Å². The van der Waals surface area contributed by atoms with E-state index in [9.17, 15) is 50.3 Å². The summed E-state index contributed by atoms with van der Waals surface area (Å²) in [7, 11) is 0. The quantitative estimate of drug-likeness (QED) is 0.0300. The van der Waals surface area contributed by atoms with Gasteiger partial charge in [-0.1, -0.05) is 0 Å². The minimum Gasteiger partial charge on any atom is -0.500 e. The molecule has 1 aromatic heterocycles. The standard InChI is InChI=1S/C14H11F3N2O4.C9H11F3O4.C7H8N2O2/c1-2-23-13(22)10-7-18-19(11(10)14(15,16)17)9-5-3-8(4-6-9)12(20)21;1-3-15-5-6(8(14)16-4-2)7(13)9(10,11)12;8-9-6-3-1-5(2-4-6)7(10)11/h3-7H,2H2,1H3,(H,20,21);5H,3-4H2,1-2H3;1-4,9H,8H2,(H,10,11)/b;6-5+;. The molecule has 0 unspecified atom stereocenters. The molecule has 14 nitrogen and oxygen atoms in total. The minimum absolute atomic E-state index is 0.0297. The smallest absolute Gasteiger partial charge is 0.455 e. The Hall–Kier alpha value is -5.92. The number of nitrogens with zero attached hydrogens (tertiary/aromatic N) is 2.